The van der Waals surface area contributed by atoms with E-state index in [1.807, 2.05) is 0 Å². The third-order valence-corrected chi connectivity index (χ3v) is 4.86. The molecule has 0 aromatic heterocycles. The van der Waals surface area contributed by atoms with Crippen LogP contribution < -0.4 is 0 Å². The van der Waals surface area contributed by atoms with Crippen LogP contribution in [0.4, 0.5) is 5.69 Å². The molecular formula is C18H25NO4. The number of esters is 1. The monoisotopic (exact) mass is 319 g/mol. The first kappa shape index (κ1) is 17.4. The number of rotatable bonds is 4. The number of hydrogen-bond acceptors (Lipinski definition) is 4. The second kappa shape index (κ2) is 7.11. The number of benzene rings is 1. The van der Waals surface area contributed by atoms with E-state index in [0.717, 1.165) is 19.3 Å². The highest BCUT2D eigenvalue weighted by Crippen LogP contribution is 2.35. The van der Waals surface area contributed by atoms with Crippen molar-refractivity contribution in [2.75, 3.05) is 0 Å². The molecule has 23 heavy (non-hydrogen) atoms. The van der Waals surface area contributed by atoms with Crippen LogP contribution in [0.15, 0.2) is 18.2 Å². The van der Waals surface area contributed by atoms with E-state index in [1.165, 1.54) is 6.07 Å². The Morgan fingerprint density at radius 2 is 2.04 bits per heavy atom. The Bertz CT molecular complexity index is 597. The lowest BCUT2D eigenvalue weighted by Gasteiger charge is -2.36. The first-order valence-corrected chi connectivity index (χ1v) is 8.25. The summed E-state index contributed by atoms with van der Waals surface area (Å²) in [6.07, 6.45) is 2.98. The van der Waals surface area contributed by atoms with Crippen LogP contribution in [0, 0.1) is 34.8 Å². The van der Waals surface area contributed by atoms with Crippen LogP contribution in [0.5, 0.6) is 0 Å². The standard InChI is InChI=1S/C18H25NO4/c1-11(2)15-8-5-12(3)9-17(15)23-18(20)14-7-6-13(4)16(10-14)19(21)22/h6-7,10-12,15,17H,5,8-9H2,1-4H3/t12-,15+,17+/m0/s1. The first-order chi connectivity index (χ1) is 10.8. The van der Waals surface area contributed by atoms with Gasteiger partial charge in [0.05, 0.1) is 10.5 Å². The Labute approximate surface area is 137 Å². The van der Waals surface area contributed by atoms with E-state index in [-0.39, 0.29) is 17.4 Å². The molecule has 0 spiro atoms. The summed E-state index contributed by atoms with van der Waals surface area (Å²) in [4.78, 5) is 23.0. The molecule has 1 aromatic carbocycles. The normalized spacial score (nSPS) is 24.5. The van der Waals surface area contributed by atoms with Gasteiger partial charge in [-0.3, -0.25) is 10.1 Å². The maximum absolute atomic E-state index is 12.4. The van der Waals surface area contributed by atoms with Crippen LogP contribution in [-0.2, 0) is 4.74 Å². The highest BCUT2D eigenvalue weighted by molar-refractivity contribution is 5.90. The number of aryl methyl sites for hydroxylation is 1. The van der Waals surface area contributed by atoms with E-state index in [0.29, 0.717) is 23.3 Å². The molecule has 0 aliphatic heterocycles. The zero-order valence-electron chi connectivity index (χ0n) is 14.2. The van der Waals surface area contributed by atoms with Crippen molar-refractivity contribution < 1.29 is 14.5 Å². The van der Waals surface area contributed by atoms with Gasteiger partial charge in [-0.15, -0.1) is 0 Å². The van der Waals surface area contributed by atoms with E-state index >= 15 is 0 Å². The number of nitro benzene ring substituents is 1. The minimum Gasteiger partial charge on any atom is -0.458 e. The van der Waals surface area contributed by atoms with Crippen molar-refractivity contribution in [1.29, 1.82) is 0 Å². The third kappa shape index (κ3) is 4.09. The SMILES string of the molecule is Cc1ccc(C(=O)O[C@@H]2C[C@@H](C)CC[C@@H]2C(C)C)cc1[N+](=O)[O-]. The lowest BCUT2D eigenvalue weighted by atomic mass is 9.75. The maximum Gasteiger partial charge on any atom is 0.338 e. The van der Waals surface area contributed by atoms with Gasteiger partial charge in [-0.2, -0.15) is 0 Å². The van der Waals surface area contributed by atoms with Crippen molar-refractivity contribution in [1.82, 2.24) is 0 Å². The quantitative estimate of drug-likeness (QED) is 0.465. The van der Waals surface area contributed by atoms with Crippen molar-refractivity contribution in [3.8, 4) is 0 Å². The van der Waals surface area contributed by atoms with Crippen LogP contribution >= 0.6 is 0 Å². The summed E-state index contributed by atoms with van der Waals surface area (Å²) in [5.74, 6) is 0.885. The van der Waals surface area contributed by atoms with Gasteiger partial charge >= 0.3 is 5.97 Å². The van der Waals surface area contributed by atoms with Gasteiger partial charge < -0.3 is 4.74 Å². The Hall–Kier alpha value is -1.91. The second-order valence-electron chi connectivity index (χ2n) is 7.03. The summed E-state index contributed by atoms with van der Waals surface area (Å²) in [5, 5.41) is 11.0. The number of nitro groups is 1. The van der Waals surface area contributed by atoms with Gasteiger partial charge in [0.1, 0.15) is 6.10 Å². The summed E-state index contributed by atoms with van der Waals surface area (Å²) in [5.41, 5.74) is 0.748. The summed E-state index contributed by atoms with van der Waals surface area (Å²) in [7, 11) is 0. The van der Waals surface area contributed by atoms with Crippen molar-refractivity contribution in [3.05, 3.63) is 39.4 Å². The van der Waals surface area contributed by atoms with E-state index in [9.17, 15) is 14.9 Å². The Morgan fingerprint density at radius 1 is 1.35 bits per heavy atom. The number of carbonyl (C=O) groups is 1. The summed E-state index contributed by atoms with van der Waals surface area (Å²) < 4.78 is 5.73. The van der Waals surface area contributed by atoms with Gasteiger partial charge in [0, 0.05) is 11.6 Å². The molecular weight excluding hydrogens is 294 g/mol. The third-order valence-electron chi connectivity index (χ3n) is 4.86. The number of hydrogen-bond donors (Lipinski definition) is 0. The summed E-state index contributed by atoms with van der Waals surface area (Å²) in [6.45, 7) is 8.13. The summed E-state index contributed by atoms with van der Waals surface area (Å²) in [6, 6.07) is 4.51. The van der Waals surface area contributed by atoms with Crippen LogP contribution in [0.1, 0.15) is 56.0 Å². The molecule has 0 unspecified atom stereocenters. The smallest absolute Gasteiger partial charge is 0.338 e. The molecule has 0 heterocycles. The van der Waals surface area contributed by atoms with Crippen molar-refractivity contribution >= 4 is 11.7 Å². The van der Waals surface area contributed by atoms with Crippen molar-refractivity contribution in [2.45, 2.75) is 53.1 Å². The molecule has 5 heteroatoms. The predicted molar refractivity (Wildman–Crippen MR) is 88.4 cm³/mol. The topological polar surface area (TPSA) is 69.4 Å². The molecule has 0 amide bonds. The predicted octanol–water partition coefficient (Wildman–Crippen LogP) is 4.52. The first-order valence-electron chi connectivity index (χ1n) is 8.25. The number of ether oxygens (including phenoxy) is 1. The van der Waals surface area contributed by atoms with Gasteiger partial charge in [0.2, 0.25) is 0 Å². The van der Waals surface area contributed by atoms with E-state index < -0.39 is 10.9 Å². The zero-order chi connectivity index (χ0) is 17.1. The van der Waals surface area contributed by atoms with Crippen molar-refractivity contribution in [3.63, 3.8) is 0 Å². The Balaban J connectivity index is 2.17. The lowest BCUT2D eigenvalue weighted by Crippen LogP contribution is -2.35. The van der Waals surface area contributed by atoms with Gasteiger partial charge in [-0.25, -0.2) is 4.79 Å². The Kier molecular flexibility index (Phi) is 5.39. The van der Waals surface area contributed by atoms with Gasteiger partial charge in [0.25, 0.3) is 5.69 Å². The molecule has 0 bridgehead atoms. The molecule has 1 aliphatic rings. The molecule has 5 nitrogen and oxygen atoms in total. The molecule has 126 valence electrons. The fourth-order valence-corrected chi connectivity index (χ4v) is 3.39. The molecule has 1 aromatic rings. The number of carbonyl (C=O) groups excluding carboxylic acids is 1. The molecule has 0 radical (unpaired) electrons. The summed E-state index contributed by atoms with van der Waals surface area (Å²) >= 11 is 0. The van der Waals surface area contributed by atoms with Crippen molar-refractivity contribution in [2.24, 2.45) is 17.8 Å². The van der Waals surface area contributed by atoms with Crippen LogP contribution in [0.2, 0.25) is 0 Å². The average molecular weight is 319 g/mol. The minimum absolute atomic E-state index is 0.0446. The molecule has 1 aliphatic carbocycles. The second-order valence-corrected chi connectivity index (χ2v) is 7.03. The number of nitrogens with zero attached hydrogens (tertiary/aromatic N) is 1. The zero-order valence-corrected chi connectivity index (χ0v) is 14.2. The van der Waals surface area contributed by atoms with Gasteiger partial charge in [-0.05, 0) is 43.6 Å². The van der Waals surface area contributed by atoms with Gasteiger partial charge in [-0.1, -0.05) is 33.3 Å². The average Bonchev–Trinajstić information content (AvgIpc) is 2.46. The molecule has 0 N–H and O–H groups in total. The molecule has 0 saturated heterocycles. The highest BCUT2D eigenvalue weighted by Gasteiger charge is 2.33. The minimum atomic E-state index is -0.467. The fraction of sp³-hybridized carbons (Fsp3) is 0.611. The van der Waals surface area contributed by atoms with E-state index in [4.69, 9.17) is 4.74 Å². The van der Waals surface area contributed by atoms with E-state index in [1.54, 1.807) is 19.1 Å². The fourth-order valence-electron chi connectivity index (χ4n) is 3.39. The molecule has 1 fully saturated rings. The van der Waals surface area contributed by atoms with E-state index in [2.05, 4.69) is 20.8 Å². The highest BCUT2D eigenvalue weighted by atomic mass is 16.6. The Morgan fingerprint density at radius 3 is 2.65 bits per heavy atom. The lowest BCUT2D eigenvalue weighted by molar-refractivity contribution is -0.385. The molecule has 1 saturated carbocycles. The largest absolute Gasteiger partial charge is 0.458 e. The molecule has 2 rings (SSSR count). The van der Waals surface area contributed by atoms with Crippen LogP contribution in [0.3, 0.4) is 0 Å². The van der Waals surface area contributed by atoms with Crippen LogP contribution in [-0.4, -0.2) is 17.0 Å². The van der Waals surface area contributed by atoms with Gasteiger partial charge in [0.15, 0.2) is 0 Å². The molecule has 3 atom stereocenters. The maximum atomic E-state index is 12.4. The van der Waals surface area contributed by atoms with Crippen LogP contribution in [0.25, 0.3) is 0 Å².